The van der Waals surface area contributed by atoms with Gasteiger partial charge in [0.15, 0.2) is 9.84 Å². The topological polar surface area (TPSA) is 87.3 Å². The van der Waals surface area contributed by atoms with Gasteiger partial charge in [-0.1, -0.05) is 0 Å². The van der Waals surface area contributed by atoms with Crippen LogP contribution >= 0.6 is 11.6 Å². The van der Waals surface area contributed by atoms with E-state index < -0.39 is 25.9 Å². The molecule has 0 amide bonds. The van der Waals surface area contributed by atoms with Crippen molar-refractivity contribution in [3.05, 3.63) is 18.0 Å². The van der Waals surface area contributed by atoms with Crippen molar-refractivity contribution in [1.82, 2.24) is 9.29 Å². The van der Waals surface area contributed by atoms with Gasteiger partial charge in [0, 0.05) is 25.0 Å². The maximum absolute atomic E-state index is 12.3. The van der Waals surface area contributed by atoms with Gasteiger partial charge in [-0.2, -0.15) is 4.31 Å². The van der Waals surface area contributed by atoms with Crippen molar-refractivity contribution in [3.63, 3.8) is 0 Å². The zero-order chi connectivity index (χ0) is 14.3. The van der Waals surface area contributed by atoms with Crippen LogP contribution in [0.5, 0.6) is 0 Å². The maximum Gasteiger partial charge on any atom is 0.244 e. The Labute approximate surface area is 117 Å². The molecule has 0 aromatic carbocycles. The van der Waals surface area contributed by atoms with E-state index in [-0.39, 0.29) is 22.3 Å². The van der Waals surface area contributed by atoms with E-state index in [2.05, 4.69) is 4.98 Å². The van der Waals surface area contributed by atoms with E-state index in [1.54, 1.807) is 0 Å². The van der Waals surface area contributed by atoms with Gasteiger partial charge in [0.2, 0.25) is 10.0 Å². The highest BCUT2D eigenvalue weighted by Gasteiger charge is 2.36. The van der Waals surface area contributed by atoms with Gasteiger partial charge in [-0.25, -0.2) is 16.8 Å². The van der Waals surface area contributed by atoms with Gasteiger partial charge in [0.05, 0.1) is 22.3 Å². The fraction of sp³-hybridized carbons (Fsp3) is 0.600. The molecular weight excluding hydrogens is 312 g/mol. The first-order valence-corrected chi connectivity index (χ1v) is 9.47. The van der Waals surface area contributed by atoms with Crippen molar-refractivity contribution in [3.8, 4) is 0 Å². The third-order valence-corrected chi connectivity index (χ3v) is 7.19. The van der Waals surface area contributed by atoms with Crippen LogP contribution in [0.1, 0.15) is 12.1 Å². The van der Waals surface area contributed by atoms with Crippen LogP contribution in [0.15, 0.2) is 17.2 Å². The highest BCUT2D eigenvalue weighted by atomic mass is 35.5. The molecule has 108 valence electrons. The number of aromatic amines is 1. The molecule has 1 aromatic rings. The lowest BCUT2D eigenvalue weighted by molar-refractivity contribution is 0.394. The smallest absolute Gasteiger partial charge is 0.244 e. The number of sulfonamides is 1. The van der Waals surface area contributed by atoms with Crippen LogP contribution in [0.3, 0.4) is 0 Å². The molecule has 0 radical (unpaired) electrons. The van der Waals surface area contributed by atoms with Gasteiger partial charge in [0.1, 0.15) is 0 Å². The van der Waals surface area contributed by atoms with E-state index in [9.17, 15) is 16.8 Å². The minimum absolute atomic E-state index is 0.0393. The maximum atomic E-state index is 12.3. The number of hydrogen-bond acceptors (Lipinski definition) is 4. The van der Waals surface area contributed by atoms with E-state index in [1.165, 1.54) is 19.3 Å². The van der Waals surface area contributed by atoms with Crippen molar-refractivity contribution in [2.45, 2.75) is 23.2 Å². The number of sulfone groups is 1. The summed E-state index contributed by atoms with van der Waals surface area (Å²) in [6.07, 6.45) is 1.71. The SMILES string of the molecule is CN(C1CCS(=O)(=O)C1)S(=O)(=O)c1c[nH]c(CCl)c1. The second-order valence-electron chi connectivity index (χ2n) is 4.57. The van der Waals surface area contributed by atoms with Crippen molar-refractivity contribution in [1.29, 1.82) is 0 Å². The second kappa shape index (κ2) is 5.08. The number of halogens is 1. The molecule has 9 heteroatoms. The first-order chi connectivity index (χ1) is 8.76. The number of nitrogens with one attached hydrogen (secondary N) is 1. The minimum Gasteiger partial charge on any atom is -0.363 e. The predicted octanol–water partition coefficient (Wildman–Crippen LogP) is 0.561. The van der Waals surface area contributed by atoms with Gasteiger partial charge < -0.3 is 4.98 Å². The number of rotatable bonds is 4. The van der Waals surface area contributed by atoms with E-state index in [1.807, 2.05) is 0 Å². The fourth-order valence-corrected chi connectivity index (χ4v) is 5.50. The van der Waals surface area contributed by atoms with Crippen molar-refractivity contribution < 1.29 is 16.8 Å². The average Bonchev–Trinajstić information content (AvgIpc) is 2.94. The summed E-state index contributed by atoms with van der Waals surface area (Å²) in [6, 6.07) is 0.965. The van der Waals surface area contributed by atoms with Gasteiger partial charge in [0.25, 0.3) is 0 Å². The Morgan fingerprint density at radius 1 is 1.53 bits per heavy atom. The standard InChI is InChI=1S/C10H15ClN2O4S2/c1-13(9-2-3-18(14,15)7-9)19(16,17)10-4-8(5-11)12-6-10/h4,6,9,12H,2-3,5,7H2,1H3. The molecule has 6 nitrogen and oxygen atoms in total. The molecule has 1 saturated heterocycles. The minimum atomic E-state index is -3.68. The molecule has 1 unspecified atom stereocenters. The van der Waals surface area contributed by atoms with Gasteiger partial charge >= 0.3 is 0 Å². The van der Waals surface area contributed by atoms with E-state index in [0.29, 0.717) is 12.1 Å². The molecule has 1 aliphatic heterocycles. The molecule has 2 rings (SSSR count). The first kappa shape index (κ1) is 14.8. The third kappa shape index (κ3) is 2.96. The number of nitrogens with zero attached hydrogens (tertiary/aromatic N) is 1. The summed E-state index contributed by atoms with van der Waals surface area (Å²) in [5, 5.41) is 0. The summed E-state index contributed by atoms with van der Waals surface area (Å²) in [6.45, 7) is 0. The second-order valence-corrected chi connectivity index (χ2v) is 9.07. The quantitative estimate of drug-likeness (QED) is 0.819. The molecule has 0 aliphatic carbocycles. The lowest BCUT2D eigenvalue weighted by Crippen LogP contribution is -2.37. The lowest BCUT2D eigenvalue weighted by atomic mass is 10.3. The van der Waals surface area contributed by atoms with Crippen molar-refractivity contribution in [2.75, 3.05) is 18.6 Å². The fourth-order valence-electron chi connectivity index (χ4n) is 2.07. The Morgan fingerprint density at radius 2 is 2.21 bits per heavy atom. The van der Waals surface area contributed by atoms with E-state index in [0.717, 1.165) is 4.31 Å². The van der Waals surface area contributed by atoms with E-state index in [4.69, 9.17) is 11.6 Å². The van der Waals surface area contributed by atoms with Crippen LogP contribution < -0.4 is 0 Å². The molecule has 1 aliphatic rings. The van der Waals surface area contributed by atoms with Crippen LogP contribution in [0.2, 0.25) is 0 Å². The number of H-pyrrole nitrogens is 1. The molecule has 0 saturated carbocycles. The summed E-state index contributed by atoms with van der Waals surface area (Å²) >= 11 is 5.62. The van der Waals surface area contributed by atoms with Gasteiger partial charge in [-0.05, 0) is 12.5 Å². The highest BCUT2D eigenvalue weighted by Crippen LogP contribution is 2.24. The van der Waals surface area contributed by atoms with Crippen LogP contribution in [-0.2, 0) is 25.7 Å². The Bertz CT molecular complexity index is 665. The lowest BCUT2D eigenvalue weighted by Gasteiger charge is -2.21. The van der Waals surface area contributed by atoms with Crippen LogP contribution in [0, 0.1) is 0 Å². The van der Waals surface area contributed by atoms with E-state index >= 15 is 0 Å². The molecule has 0 spiro atoms. The summed E-state index contributed by atoms with van der Waals surface area (Å²) in [4.78, 5) is 2.87. The predicted molar refractivity (Wildman–Crippen MR) is 72.4 cm³/mol. The molecule has 1 N–H and O–H groups in total. The van der Waals surface area contributed by atoms with Crippen LogP contribution in [0.25, 0.3) is 0 Å². The molecular formula is C10H15ClN2O4S2. The van der Waals surface area contributed by atoms with Crippen molar-refractivity contribution >= 4 is 31.5 Å². The normalized spacial score (nSPS) is 23.0. The number of hydrogen-bond donors (Lipinski definition) is 1. The van der Waals surface area contributed by atoms with Crippen molar-refractivity contribution in [2.24, 2.45) is 0 Å². The molecule has 1 aromatic heterocycles. The molecule has 1 atom stereocenters. The third-order valence-electron chi connectivity index (χ3n) is 3.26. The molecule has 1 fully saturated rings. The summed E-state index contributed by atoms with van der Waals surface area (Å²) in [5.74, 6) is 0.115. The first-order valence-electron chi connectivity index (χ1n) is 5.68. The Kier molecular flexibility index (Phi) is 3.97. The zero-order valence-corrected chi connectivity index (χ0v) is 12.7. The molecule has 2 heterocycles. The summed E-state index contributed by atoms with van der Waals surface area (Å²) in [7, 11) is -5.39. The monoisotopic (exact) mass is 326 g/mol. The molecule has 0 bridgehead atoms. The summed E-state index contributed by atoms with van der Waals surface area (Å²) < 4.78 is 48.6. The Hall–Kier alpha value is -0.570. The van der Waals surface area contributed by atoms with Crippen LogP contribution in [-0.4, -0.2) is 50.7 Å². The summed E-state index contributed by atoms with van der Waals surface area (Å²) in [5.41, 5.74) is 0.604. The van der Waals surface area contributed by atoms with Crippen LogP contribution in [0.4, 0.5) is 0 Å². The Morgan fingerprint density at radius 3 is 2.68 bits per heavy atom. The largest absolute Gasteiger partial charge is 0.363 e. The van der Waals surface area contributed by atoms with Gasteiger partial charge in [-0.15, -0.1) is 11.6 Å². The molecule has 19 heavy (non-hydrogen) atoms. The zero-order valence-electron chi connectivity index (χ0n) is 10.3. The number of alkyl halides is 1. The average molecular weight is 327 g/mol. The Balaban J connectivity index is 2.25. The van der Waals surface area contributed by atoms with Gasteiger partial charge in [-0.3, -0.25) is 0 Å². The number of aromatic nitrogens is 1. The highest BCUT2D eigenvalue weighted by molar-refractivity contribution is 7.92.